The minimum atomic E-state index is -3.81. The van der Waals surface area contributed by atoms with Crippen molar-refractivity contribution in [2.75, 3.05) is 13.6 Å². The van der Waals surface area contributed by atoms with E-state index in [1.54, 1.807) is 12.1 Å². The Morgan fingerprint density at radius 2 is 1.81 bits per heavy atom. The molecule has 6 nitrogen and oxygen atoms in total. The summed E-state index contributed by atoms with van der Waals surface area (Å²) >= 11 is 0. The summed E-state index contributed by atoms with van der Waals surface area (Å²) in [5, 5.41) is 3.60. The first-order valence-electron chi connectivity index (χ1n) is 7.50. The van der Waals surface area contributed by atoms with Gasteiger partial charge < -0.3 is 0 Å². The number of benzene rings is 2. The topological polar surface area (TPSA) is 78.8 Å². The molecule has 0 saturated carbocycles. The number of sulfonamides is 1. The molecule has 138 valence electrons. The number of carbonyl (C=O) groups excluding carboxylic acids is 1. The van der Waals surface area contributed by atoms with Gasteiger partial charge in [0.05, 0.1) is 17.7 Å². The smallest absolute Gasteiger partial charge is 0.255 e. The van der Waals surface area contributed by atoms with Gasteiger partial charge in [0.2, 0.25) is 10.0 Å². The van der Waals surface area contributed by atoms with E-state index in [-0.39, 0.29) is 10.5 Å². The van der Waals surface area contributed by atoms with E-state index in [1.165, 1.54) is 25.2 Å². The highest BCUT2D eigenvalue weighted by Crippen LogP contribution is 2.14. The maximum Gasteiger partial charge on any atom is 0.255 e. The number of hydrazone groups is 1. The zero-order valence-electron chi connectivity index (χ0n) is 14.1. The van der Waals surface area contributed by atoms with Crippen LogP contribution in [0.5, 0.6) is 0 Å². The molecule has 0 spiro atoms. The van der Waals surface area contributed by atoms with Gasteiger partial charge in [-0.05, 0) is 36.8 Å². The molecule has 2 rings (SSSR count). The Morgan fingerprint density at radius 1 is 1.15 bits per heavy atom. The fraction of sp³-hybridized carbons (Fsp3) is 0.176. The molecule has 0 bridgehead atoms. The zero-order valence-corrected chi connectivity index (χ0v) is 14.9. The van der Waals surface area contributed by atoms with Gasteiger partial charge in [-0.1, -0.05) is 23.8 Å². The van der Waals surface area contributed by atoms with Crippen molar-refractivity contribution in [1.29, 1.82) is 0 Å². The second-order valence-corrected chi connectivity index (χ2v) is 7.59. The van der Waals surface area contributed by atoms with Crippen LogP contribution in [0.15, 0.2) is 52.5 Å². The fourth-order valence-corrected chi connectivity index (χ4v) is 3.11. The van der Waals surface area contributed by atoms with Crippen LogP contribution in [-0.4, -0.2) is 38.4 Å². The normalized spacial score (nSPS) is 11.9. The van der Waals surface area contributed by atoms with Crippen molar-refractivity contribution < 1.29 is 22.0 Å². The van der Waals surface area contributed by atoms with Crippen LogP contribution in [0.2, 0.25) is 0 Å². The SMILES string of the molecule is Cc1ccc(S(=O)(=O)N(C)CC(=O)N/N=C/c2ccc(F)c(F)c2)cc1. The highest BCUT2D eigenvalue weighted by Gasteiger charge is 2.22. The van der Waals surface area contributed by atoms with Crippen molar-refractivity contribution in [3.63, 3.8) is 0 Å². The minimum absolute atomic E-state index is 0.0729. The van der Waals surface area contributed by atoms with Crippen molar-refractivity contribution in [2.24, 2.45) is 5.10 Å². The molecule has 0 aliphatic carbocycles. The Hall–Kier alpha value is -2.65. The lowest BCUT2D eigenvalue weighted by Crippen LogP contribution is -2.36. The van der Waals surface area contributed by atoms with Gasteiger partial charge in [0, 0.05) is 7.05 Å². The molecular formula is C17H17F2N3O3S. The van der Waals surface area contributed by atoms with Gasteiger partial charge in [0.25, 0.3) is 5.91 Å². The number of halogens is 2. The first kappa shape index (κ1) is 19.7. The van der Waals surface area contributed by atoms with Crippen LogP contribution < -0.4 is 5.43 Å². The van der Waals surface area contributed by atoms with Crippen LogP contribution in [0.3, 0.4) is 0 Å². The number of nitrogens with one attached hydrogen (secondary N) is 1. The highest BCUT2D eigenvalue weighted by molar-refractivity contribution is 7.89. The van der Waals surface area contributed by atoms with E-state index < -0.39 is 34.1 Å². The molecule has 0 aliphatic heterocycles. The number of hydrogen-bond acceptors (Lipinski definition) is 4. The minimum Gasteiger partial charge on any atom is -0.272 e. The molecule has 0 unspecified atom stereocenters. The molecule has 0 atom stereocenters. The van der Waals surface area contributed by atoms with Gasteiger partial charge in [-0.15, -0.1) is 0 Å². The lowest BCUT2D eigenvalue weighted by molar-refractivity contribution is -0.121. The van der Waals surface area contributed by atoms with Crippen molar-refractivity contribution in [3.8, 4) is 0 Å². The van der Waals surface area contributed by atoms with E-state index in [4.69, 9.17) is 0 Å². The fourth-order valence-electron chi connectivity index (χ4n) is 1.98. The molecule has 0 aliphatic rings. The number of likely N-dealkylation sites (N-methyl/N-ethyl adjacent to an activating group) is 1. The predicted octanol–water partition coefficient (Wildman–Crippen LogP) is 2.04. The molecule has 0 aromatic heterocycles. The summed E-state index contributed by atoms with van der Waals surface area (Å²) in [5.41, 5.74) is 3.29. The van der Waals surface area contributed by atoms with Crippen LogP contribution in [0.1, 0.15) is 11.1 Å². The molecule has 2 aromatic carbocycles. The van der Waals surface area contributed by atoms with Crippen molar-refractivity contribution in [1.82, 2.24) is 9.73 Å². The Morgan fingerprint density at radius 3 is 2.42 bits per heavy atom. The van der Waals surface area contributed by atoms with E-state index in [0.717, 1.165) is 28.2 Å². The molecule has 0 fully saturated rings. The first-order chi connectivity index (χ1) is 12.2. The second-order valence-electron chi connectivity index (χ2n) is 5.54. The number of hydrogen-bond donors (Lipinski definition) is 1. The average Bonchev–Trinajstić information content (AvgIpc) is 2.58. The lowest BCUT2D eigenvalue weighted by atomic mass is 10.2. The van der Waals surface area contributed by atoms with Gasteiger partial charge in [-0.2, -0.15) is 9.41 Å². The summed E-state index contributed by atoms with van der Waals surface area (Å²) in [6, 6.07) is 9.36. The highest BCUT2D eigenvalue weighted by atomic mass is 32.2. The van der Waals surface area contributed by atoms with E-state index in [2.05, 4.69) is 10.5 Å². The molecule has 0 saturated heterocycles. The largest absolute Gasteiger partial charge is 0.272 e. The average molecular weight is 381 g/mol. The molecule has 9 heteroatoms. The van der Waals surface area contributed by atoms with E-state index in [1.807, 2.05) is 6.92 Å². The number of carbonyl (C=O) groups is 1. The summed E-state index contributed by atoms with van der Waals surface area (Å²) in [7, 11) is -2.54. The van der Waals surface area contributed by atoms with Gasteiger partial charge >= 0.3 is 0 Å². The Kier molecular flexibility index (Phi) is 6.17. The van der Waals surface area contributed by atoms with E-state index in [0.29, 0.717) is 0 Å². The standard InChI is InChI=1S/C17H17F2N3O3S/c1-12-3-6-14(7-4-12)26(24,25)22(2)11-17(23)21-20-10-13-5-8-15(18)16(19)9-13/h3-10H,11H2,1-2H3,(H,21,23)/b20-10+. The van der Waals surface area contributed by atoms with Crippen LogP contribution in [-0.2, 0) is 14.8 Å². The Balaban J connectivity index is 1.97. The second kappa shape index (κ2) is 8.15. The van der Waals surface area contributed by atoms with Crippen LogP contribution in [0.4, 0.5) is 8.78 Å². The lowest BCUT2D eigenvalue weighted by Gasteiger charge is -2.16. The van der Waals surface area contributed by atoms with Gasteiger partial charge in [0.1, 0.15) is 0 Å². The number of amides is 1. The first-order valence-corrected chi connectivity index (χ1v) is 8.94. The van der Waals surface area contributed by atoms with Crippen molar-refractivity contribution in [2.45, 2.75) is 11.8 Å². The third-order valence-electron chi connectivity index (χ3n) is 3.44. The maximum atomic E-state index is 13.1. The van der Waals surface area contributed by atoms with Gasteiger partial charge in [-0.25, -0.2) is 22.6 Å². The monoisotopic (exact) mass is 381 g/mol. The predicted molar refractivity (Wildman–Crippen MR) is 93.1 cm³/mol. The molecule has 0 radical (unpaired) electrons. The van der Waals surface area contributed by atoms with Gasteiger partial charge in [-0.3, -0.25) is 4.79 Å². The zero-order chi connectivity index (χ0) is 19.3. The molecule has 26 heavy (non-hydrogen) atoms. The van der Waals surface area contributed by atoms with Crippen molar-refractivity contribution in [3.05, 3.63) is 65.2 Å². The molecule has 1 amide bonds. The number of aryl methyl sites for hydroxylation is 1. The van der Waals surface area contributed by atoms with Gasteiger partial charge in [0.15, 0.2) is 11.6 Å². The number of rotatable bonds is 6. The maximum absolute atomic E-state index is 13.1. The molecule has 0 heterocycles. The van der Waals surface area contributed by atoms with Crippen LogP contribution in [0.25, 0.3) is 0 Å². The van der Waals surface area contributed by atoms with Crippen LogP contribution >= 0.6 is 0 Å². The summed E-state index contributed by atoms with van der Waals surface area (Å²) in [6.45, 7) is 1.38. The Labute approximate surface area is 150 Å². The molecular weight excluding hydrogens is 364 g/mol. The summed E-state index contributed by atoms with van der Waals surface area (Å²) in [4.78, 5) is 11.9. The summed E-state index contributed by atoms with van der Waals surface area (Å²) in [6.07, 6.45) is 1.12. The summed E-state index contributed by atoms with van der Waals surface area (Å²) in [5.74, 6) is -2.71. The Bertz CT molecular complexity index is 929. The third-order valence-corrected chi connectivity index (χ3v) is 5.26. The van der Waals surface area contributed by atoms with E-state index >= 15 is 0 Å². The third kappa shape index (κ3) is 4.93. The number of nitrogens with zero attached hydrogens (tertiary/aromatic N) is 2. The van der Waals surface area contributed by atoms with E-state index in [9.17, 15) is 22.0 Å². The quantitative estimate of drug-likeness (QED) is 0.614. The van der Waals surface area contributed by atoms with Crippen molar-refractivity contribution >= 4 is 22.1 Å². The summed E-state index contributed by atoms with van der Waals surface area (Å²) < 4.78 is 51.5. The van der Waals surface area contributed by atoms with Crippen LogP contribution in [0, 0.1) is 18.6 Å². The molecule has 2 aromatic rings. The molecule has 1 N–H and O–H groups in total.